The summed E-state index contributed by atoms with van der Waals surface area (Å²) in [6.45, 7) is 1.75. The van der Waals surface area contributed by atoms with E-state index < -0.39 is 0 Å². The van der Waals surface area contributed by atoms with Crippen LogP contribution in [0.3, 0.4) is 0 Å². The predicted molar refractivity (Wildman–Crippen MR) is 62.2 cm³/mol. The lowest BCUT2D eigenvalue weighted by atomic mass is 10.2. The van der Waals surface area contributed by atoms with Crippen molar-refractivity contribution in [2.24, 2.45) is 21.0 Å². The normalized spacial score (nSPS) is 17.2. The number of benzene rings is 1. The van der Waals surface area contributed by atoms with Crippen molar-refractivity contribution in [1.29, 1.82) is 0 Å². The lowest BCUT2D eigenvalue weighted by Gasteiger charge is -2.02. The molecule has 1 aliphatic heterocycles. The van der Waals surface area contributed by atoms with Crippen LogP contribution < -0.4 is 11.2 Å². The minimum atomic E-state index is -0.330. The highest BCUT2D eigenvalue weighted by atomic mass is 19.1. The Labute approximate surface area is 91.6 Å². The van der Waals surface area contributed by atoms with Crippen molar-refractivity contribution in [1.82, 2.24) is 0 Å². The molecular weight excluding hydrogens is 209 g/mol. The first-order valence-electron chi connectivity index (χ1n) is 4.64. The van der Waals surface area contributed by atoms with Gasteiger partial charge in [0.15, 0.2) is 11.5 Å². The quantitative estimate of drug-likeness (QED) is 0.736. The molecule has 0 bridgehead atoms. The Balaban J connectivity index is 2.15. The van der Waals surface area contributed by atoms with E-state index in [0.29, 0.717) is 17.1 Å². The summed E-state index contributed by atoms with van der Waals surface area (Å²) >= 11 is 0. The molecule has 0 spiro atoms. The summed E-state index contributed by atoms with van der Waals surface area (Å²) in [5.74, 6) is -0.0787. The van der Waals surface area contributed by atoms with Gasteiger partial charge in [0.25, 0.3) is 0 Å². The first-order chi connectivity index (χ1) is 7.66. The zero-order valence-electron chi connectivity index (χ0n) is 8.61. The molecule has 0 atom stereocenters. The average molecular weight is 219 g/mol. The van der Waals surface area contributed by atoms with Crippen LogP contribution in [0.4, 0.5) is 10.1 Å². The van der Waals surface area contributed by atoms with Gasteiger partial charge in [0, 0.05) is 0 Å². The molecule has 16 heavy (non-hydrogen) atoms. The van der Waals surface area contributed by atoms with E-state index in [4.69, 9.17) is 5.73 Å². The van der Waals surface area contributed by atoms with Crippen LogP contribution in [0, 0.1) is 5.82 Å². The van der Waals surface area contributed by atoms with E-state index in [1.807, 2.05) is 0 Å². The lowest BCUT2D eigenvalue weighted by molar-refractivity contribution is 0.628. The van der Waals surface area contributed by atoms with Gasteiger partial charge in [-0.15, -0.1) is 5.10 Å². The Kier molecular flexibility index (Phi) is 2.63. The molecule has 82 valence electrons. The highest BCUT2D eigenvalue weighted by Crippen LogP contribution is 2.09. The Morgan fingerprint density at radius 1 is 1.38 bits per heavy atom. The maximum atomic E-state index is 12.9. The minimum absolute atomic E-state index is 0.251. The molecule has 1 aromatic rings. The molecule has 0 unspecified atom stereocenters. The van der Waals surface area contributed by atoms with Crippen LogP contribution in [0.25, 0.3) is 0 Å². The van der Waals surface area contributed by atoms with Gasteiger partial charge in [0.1, 0.15) is 5.82 Å². The average Bonchev–Trinajstić information content (AvgIpc) is 2.56. The monoisotopic (exact) mass is 219 g/mol. The predicted octanol–water partition coefficient (Wildman–Crippen LogP) is 1.34. The van der Waals surface area contributed by atoms with Gasteiger partial charge >= 0.3 is 0 Å². The summed E-state index contributed by atoms with van der Waals surface area (Å²) in [7, 11) is 0. The SMILES string of the molecule is CC1=NN=C(N)C1=NNc1cccc(F)c1. The summed E-state index contributed by atoms with van der Waals surface area (Å²) in [5, 5.41) is 11.4. The molecule has 1 aromatic carbocycles. The molecule has 6 heteroatoms. The fourth-order valence-corrected chi connectivity index (χ4v) is 1.23. The van der Waals surface area contributed by atoms with E-state index in [0.717, 1.165) is 0 Å². The Morgan fingerprint density at radius 3 is 2.81 bits per heavy atom. The molecule has 0 amide bonds. The van der Waals surface area contributed by atoms with Gasteiger partial charge in [0.2, 0.25) is 0 Å². The van der Waals surface area contributed by atoms with Crippen LogP contribution in [0.2, 0.25) is 0 Å². The Morgan fingerprint density at radius 2 is 2.19 bits per heavy atom. The zero-order valence-corrected chi connectivity index (χ0v) is 8.61. The van der Waals surface area contributed by atoms with Crippen LogP contribution in [-0.4, -0.2) is 17.3 Å². The maximum absolute atomic E-state index is 12.9. The number of nitrogens with one attached hydrogen (secondary N) is 1. The van der Waals surface area contributed by atoms with E-state index in [9.17, 15) is 4.39 Å². The number of anilines is 1. The molecule has 0 aliphatic carbocycles. The molecule has 0 saturated heterocycles. The molecule has 0 saturated carbocycles. The number of halogens is 1. The van der Waals surface area contributed by atoms with Crippen molar-refractivity contribution in [2.75, 3.05) is 5.43 Å². The molecule has 0 fully saturated rings. The highest BCUT2D eigenvalue weighted by molar-refractivity contribution is 6.69. The zero-order chi connectivity index (χ0) is 11.5. The first kappa shape index (κ1) is 10.3. The number of nitrogens with zero attached hydrogens (tertiary/aromatic N) is 3. The van der Waals surface area contributed by atoms with Gasteiger partial charge in [-0.05, 0) is 25.1 Å². The number of hydrogen-bond acceptors (Lipinski definition) is 5. The lowest BCUT2D eigenvalue weighted by Crippen LogP contribution is -2.26. The fourth-order valence-electron chi connectivity index (χ4n) is 1.23. The van der Waals surface area contributed by atoms with Crippen molar-refractivity contribution in [3.05, 3.63) is 30.1 Å². The van der Waals surface area contributed by atoms with E-state index in [1.165, 1.54) is 12.1 Å². The van der Waals surface area contributed by atoms with Gasteiger partial charge in [0.05, 0.1) is 11.4 Å². The molecule has 2 rings (SSSR count). The van der Waals surface area contributed by atoms with E-state index in [-0.39, 0.29) is 11.7 Å². The smallest absolute Gasteiger partial charge is 0.175 e. The third kappa shape index (κ3) is 2.05. The Bertz CT molecular complexity index is 484. The van der Waals surface area contributed by atoms with E-state index in [1.54, 1.807) is 19.1 Å². The summed E-state index contributed by atoms with van der Waals surface area (Å²) < 4.78 is 12.9. The molecule has 3 N–H and O–H groups in total. The van der Waals surface area contributed by atoms with Crippen molar-refractivity contribution >= 4 is 22.9 Å². The molecule has 5 nitrogen and oxygen atoms in total. The van der Waals surface area contributed by atoms with Crippen LogP contribution in [-0.2, 0) is 0 Å². The third-order valence-corrected chi connectivity index (χ3v) is 2.01. The van der Waals surface area contributed by atoms with Crippen LogP contribution in [0.15, 0.2) is 39.6 Å². The van der Waals surface area contributed by atoms with Gasteiger partial charge in [-0.1, -0.05) is 6.07 Å². The third-order valence-electron chi connectivity index (χ3n) is 2.01. The summed E-state index contributed by atoms with van der Waals surface area (Å²) in [4.78, 5) is 0. The fraction of sp³-hybridized carbons (Fsp3) is 0.100. The van der Waals surface area contributed by atoms with Gasteiger partial charge < -0.3 is 5.73 Å². The van der Waals surface area contributed by atoms with Gasteiger partial charge in [-0.3, -0.25) is 5.43 Å². The summed E-state index contributed by atoms with van der Waals surface area (Å²) in [6, 6.07) is 5.97. The highest BCUT2D eigenvalue weighted by Gasteiger charge is 2.14. The first-order valence-corrected chi connectivity index (χ1v) is 4.64. The van der Waals surface area contributed by atoms with E-state index in [2.05, 4.69) is 20.7 Å². The van der Waals surface area contributed by atoms with Crippen molar-refractivity contribution < 1.29 is 4.39 Å². The topological polar surface area (TPSA) is 75.1 Å². The minimum Gasteiger partial charge on any atom is -0.380 e. The van der Waals surface area contributed by atoms with E-state index >= 15 is 0 Å². The molecule has 0 aromatic heterocycles. The summed E-state index contributed by atoms with van der Waals surface area (Å²) in [5.41, 5.74) is 9.89. The number of hydrogen-bond donors (Lipinski definition) is 2. The number of rotatable bonds is 2. The van der Waals surface area contributed by atoms with Crippen LogP contribution >= 0.6 is 0 Å². The second-order valence-electron chi connectivity index (χ2n) is 3.25. The number of hydrazone groups is 1. The number of amidine groups is 1. The van der Waals surface area contributed by atoms with Crippen molar-refractivity contribution in [3.8, 4) is 0 Å². The molecular formula is C10H10FN5. The van der Waals surface area contributed by atoms with Crippen molar-refractivity contribution in [3.63, 3.8) is 0 Å². The molecule has 1 heterocycles. The summed E-state index contributed by atoms with van der Waals surface area (Å²) in [6.07, 6.45) is 0. The van der Waals surface area contributed by atoms with Gasteiger partial charge in [-0.2, -0.15) is 10.2 Å². The van der Waals surface area contributed by atoms with Gasteiger partial charge in [-0.25, -0.2) is 4.39 Å². The van der Waals surface area contributed by atoms with Crippen LogP contribution in [0.1, 0.15) is 6.92 Å². The standard InChI is InChI=1S/C10H10FN5/c1-6-9(10(12)16-13-6)15-14-8-4-2-3-7(11)5-8/h2-5,14H,1H3,(H2,12,15,16). The van der Waals surface area contributed by atoms with Crippen LogP contribution in [0.5, 0.6) is 0 Å². The number of nitrogens with two attached hydrogens (primary N) is 1. The second-order valence-corrected chi connectivity index (χ2v) is 3.25. The Hall–Kier alpha value is -2.24. The maximum Gasteiger partial charge on any atom is 0.175 e. The molecule has 1 aliphatic rings. The van der Waals surface area contributed by atoms with Crippen molar-refractivity contribution in [2.45, 2.75) is 6.92 Å². The largest absolute Gasteiger partial charge is 0.380 e. The second kappa shape index (κ2) is 4.09. The molecule has 0 radical (unpaired) electrons.